The monoisotopic (exact) mass is 379 g/mol. The van der Waals surface area contributed by atoms with Crippen molar-refractivity contribution in [3.63, 3.8) is 0 Å². The molecule has 152 valence electrons. The zero-order valence-electron chi connectivity index (χ0n) is 16.2. The summed E-state index contributed by atoms with van der Waals surface area (Å²) >= 11 is 0. The number of halogens is 3. The molecule has 1 N–H and O–H groups in total. The fraction of sp³-hybridized carbons (Fsp3) is 0.941. The number of rotatable bonds is 4. The maximum atomic E-state index is 12.9. The second-order valence-electron chi connectivity index (χ2n) is 7.18. The van der Waals surface area contributed by atoms with Gasteiger partial charge in [0.25, 0.3) is 0 Å². The molecule has 0 spiro atoms. The molecule has 26 heavy (non-hydrogen) atoms. The van der Waals surface area contributed by atoms with E-state index in [1.807, 2.05) is 4.90 Å². The van der Waals surface area contributed by atoms with E-state index in [0.29, 0.717) is 38.3 Å². The number of hydrogen-bond donors (Lipinski definition) is 1. The van der Waals surface area contributed by atoms with E-state index in [0.717, 1.165) is 32.3 Å². The molecule has 6 nitrogen and oxygen atoms in total. The Morgan fingerprint density at radius 3 is 2.38 bits per heavy atom. The minimum atomic E-state index is -4.17. The molecule has 2 aliphatic rings. The van der Waals surface area contributed by atoms with Crippen LogP contribution in [-0.4, -0.2) is 104 Å². The Morgan fingerprint density at radius 2 is 1.85 bits per heavy atom. The van der Waals surface area contributed by atoms with Crippen molar-refractivity contribution in [3.05, 3.63) is 0 Å². The van der Waals surface area contributed by atoms with E-state index < -0.39 is 12.2 Å². The first-order valence-electron chi connectivity index (χ1n) is 9.34. The predicted molar refractivity (Wildman–Crippen MR) is 96.5 cm³/mol. The van der Waals surface area contributed by atoms with Crippen LogP contribution >= 0.6 is 0 Å². The summed E-state index contributed by atoms with van der Waals surface area (Å²) in [7, 11) is 1.72. The molecule has 0 radical (unpaired) electrons. The summed E-state index contributed by atoms with van der Waals surface area (Å²) in [5, 5.41) is 3.38. The average Bonchev–Trinajstić information content (AvgIpc) is 2.61. The summed E-state index contributed by atoms with van der Waals surface area (Å²) in [6, 6.07) is -0.686. The molecule has 0 aromatic rings. The van der Waals surface area contributed by atoms with Gasteiger partial charge >= 0.3 is 6.18 Å². The van der Waals surface area contributed by atoms with Crippen LogP contribution < -0.4 is 5.32 Å². The number of alkyl halides is 3. The van der Waals surface area contributed by atoms with Crippen LogP contribution in [0.2, 0.25) is 0 Å². The Hall–Kier alpha value is -1.06. The molecule has 2 fully saturated rings. The van der Waals surface area contributed by atoms with Crippen molar-refractivity contribution in [2.24, 2.45) is 4.99 Å². The number of ether oxygens (including phenoxy) is 1. The van der Waals surface area contributed by atoms with Crippen molar-refractivity contribution in [2.75, 3.05) is 59.5 Å². The molecule has 0 saturated carbocycles. The lowest BCUT2D eigenvalue weighted by molar-refractivity contribution is -0.181. The van der Waals surface area contributed by atoms with Crippen LogP contribution in [0.25, 0.3) is 0 Å². The predicted octanol–water partition coefficient (Wildman–Crippen LogP) is 1.24. The van der Waals surface area contributed by atoms with Crippen LogP contribution in [0.4, 0.5) is 13.2 Å². The lowest BCUT2D eigenvalue weighted by Gasteiger charge is -2.41. The van der Waals surface area contributed by atoms with E-state index in [4.69, 9.17) is 4.74 Å². The Bertz CT molecular complexity index is 466. The van der Waals surface area contributed by atoms with Crippen LogP contribution in [0.1, 0.15) is 20.8 Å². The quantitative estimate of drug-likeness (QED) is 0.588. The first-order chi connectivity index (χ1) is 12.2. The van der Waals surface area contributed by atoms with E-state index in [2.05, 4.69) is 29.1 Å². The first-order valence-corrected chi connectivity index (χ1v) is 9.34. The highest BCUT2D eigenvalue weighted by molar-refractivity contribution is 5.80. The number of aliphatic imine (C=N–C) groups is 1. The summed E-state index contributed by atoms with van der Waals surface area (Å²) in [5.74, 6) is 0.761. The number of hydrogen-bond acceptors (Lipinski definition) is 4. The van der Waals surface area contributed by atoms with Crippen LogP contribution in [0.5, 0.6) is 0 Å². The molecule has 3 unspecified atom stereocenters. The van der Waals surface area contributed by atoms with Gasteiger partial charge in [0, 0.05) is 58.4 Å². The molecular formula is C17H32F3N5O. The summed E-state index contributed by atoms with van der Waals surface area (Å²) in [6.07, 6.45) is -4.17. The molecule has 2 aliphatic heterocycles. The second-order valence-corrected chi connectivity index (χ2v) is 7.18. The van der Waals surface area contributed by atoms with Gasteiger partial charge in [0.05, 0.1) is 13.2 Å². The zero-order valence-corrected chi connectivity index (χ0v) is 16.2. The van der Waals surface area contributed by atoms with Crippen molar-refractivity contribution in [1.82, 2.24) is 20.0 Å². The maximum absolute atomic E-state index is 12.9. The molecule has 0 aliphatic carbocycles. The SMILES string of the molecule is CN=C(NCC(C)N1CCOCC1C)N1CCN(C(C)C(F)(F)F)CC1. The Balaban J connectivity index is 1.81. The summed E-state index contributed by atoms with van der Waals surface area (Å²) in [5.41, 5.74) is 0. The third kappa shape index (κ3) is 5.47. The normalized spacial score (nSPS) is 26.7. The highest BCUT2D eigenvalue weighted by Gasteiger charge is 2.41. The molecule has 0 amide bonds. The van der Waals surface area contributed by atoms with Crippen LogP contribution in [0.15, 0.2) is 4.99 Å². The van der Waals surface area contributed by atoms with Gasteiger partial charge in [0.1, 0.15) is 6.04 Å². The number of morpholine rings is 1. The van der Waals surface area contributed by atoms with Crippen molar-refractivity contribution in [2.45, 2.75) is 45.1 Å². The fourth-order valence-corrected chi connectivity index (χ4v) is 3.61. The van der Waals surface area contributed by atoms with Crippen molar-refractivity contribution in [1.29, 1.82) is 0 Å². The van der Waals surface area contributed by atoms with Gasteiger partial charge in [-0.25, -0.2) is 0 Å². The highest BCUT2D eigenvalue weighted by Crippen LogP contribution is 2.25. The average molecular weight is 379 g/mol. The summed E-state index contributed by atoms with van der Waals surface area (Å²) in [4.78, 5) is 10.2. The molecule has 0 aromatic carbocycles. The lowest BCUT2D eigenvalue weighted by Crippen LogP contribution is -2.58. The van der Waals surface area contributed by atoms with E-state index in [-0.39, 0.29) is 0 Å². The topological polar surface area (TPSA) is 43.3 Å². The number of nitrogens with zero attached hydrogens (tertiary/aromatic N) is 4. The molecular weight excluding hydrogens is 347 g/mol. The van der Waals surface area contributed by atoms with Crippen molar-refractivity contribution < 1.29 is 17.9 Å². The third-order valence-corrected chi connectivity index (χ3v) is 5.39. The Morgan fingerprint density at radius 1 is 1.19 bits per heavy atom. The standard InChI is InChI=1S/C17H32F3N5O/c1-13(25-9-10-26-12-14(25)2)11-22-16(21-4)24-7-5-23(6-8-24)15(3)17(18,19)20/h13-15H,5-12H2,1-4H3,(H,21,22). The molecule has 0 aromatic heterocycles. The summed E-state index contributed by atoms with van der Waals surface area (Å²) < 4.78 is 44.1. The van der Waals surface area contributed by atoms with Gasteiger partial charge in [0.15, 0.2) is 5.96 Å². The number of piperazine rings is 1. The van der Waals surface area contributed by atoms with Gasteiger partial charge in [-0.2, -0.15) is 13.2 Å². The van der Waals surface area contributed by atoms with Crippen LogP contribution in [0, 0.1) is 0 Å². The Labute approximate surface area is 154 Å². The smallest absolute Gasteiger partial charge is 0.379 e. The van der Waals surface area contributed by atoms with Gasteiger partial charge in [-0.3, -0.25) is 14.8 Å². The van der Waals surface area contributed by atoms with Gasteiger partial charge in [0.2, 0.25) is 0 Å². The van der Waals surface area contributed by atoms with Crippen LogP contribution in [0.3, 0.4) is 0 Å². The van der Waals surface area contributed by atoms with E-state index >= 15 is 0 Å². The van der Waals surface area contributed by atoms with Gasteiger partial charge in [-0.1, -0.05) is 0 Å². The molecule has 9 heteroatoms. The Kier molecular flexibility index (Phi) is 7.54. The van der Waals surface area contributed by atoms with E-state index in [1.165, 1.54) is 11.8 Å². The minimum absolute atomic E-state index is 0.331. The van der Waals surface area contributed by atoms with Crippen molar-refractivity contribution >= 4 is 5.96 Å². The second kappa shape index (κ2) is 9.23. The summed E-state index contributed by atoms with van der Waals surface area (Å²) in [6.45, 7) is 10.6. The number of nitrogens with one attached hydrogen (secondary N) is 1. The van der Waals surface area contributed by atoms with Gasteiger partial charge in [-0.05, 0) is 20.8 Å². The number of guanidine groups is 1. The minimum Gasteiger partial charge on any atom is -0.379 e. The van der Waals surface area contributed by atoms with Crippen LogP contribution in [-0.2, 0) is 4.74 Å². The zero-order chi connectivity index (χ0) is 19.3. The maximum Gasteiger partial charge on any atom is 0.403 e. The molecule has 2 saturated heterocycles. The highest BCUT2D eigenvalue weighted by atomic mass is 19.4. The van der Waals surface area contributed by atoms with Gasteiger partial charge in [-0.15, -0.1) is 0 Å². The lowest BCUT2D eigenvalue weighted by atomic mass is 10.2. The van der Waals surface area contributed by atoms with Gasteiger partial charge < -0.3 is 15.0 Å². The molecule has 0 bridgehead atoms. The third-order valence-electron chi connectivity index (χ3n) is 5.39. The first kappa shape index (κ1) is 21.2. The fourth-order valence-electron chi connectivity index (χ4n) is 3.61. The van der Waals surface area contributed by atoms with Crippen molar-refractivity contribution in [3.8, 4) is 0 Å². The molecule has 2 heterocycles. The molecule has 3 atom stereocenters. The molecule has 2 rings (SSSR count). The van der Waals surface area contributed by atoms with E-state index in [9.17, 15) is 13.2 Å². The van der Waals surface area contributed by atoms with E-state index in [1.54, 1.807) is 7.05 Å². The largest absolute Gasteiger partial charge is 0.403 e.